The number of hydrogen-bond donors (Lipinski definition) is 0. The molecule has 0 aromatic heterocycles. The van der Waals surface area contributed by atoms with E-state index >= 15 is 0 Å². The number of ketones is 1. The van der Waals surface area contributed by atoms with Crippen molar-refractivity contribution in [1.82, 2.24) is 0 Å². The second-order valence-corrected chi connectivity index (χ2v) is 3.88. The molecule has 0 bridgehead atoms. The van der Waals surface area contributed by atoms with Crippen LogP contribution in [0.2, 0.25) is 0 Å². The number of carbonyl (C=O) groups is 2. The van der Waals surface area contributed by atoms with Gasteiger partial charge in [0.1, 0.15) is 17.8 Å². The fraction of sp³-hybridized carbons (Fsp3) is 0.818. The highest BCUT2D eigenvalue weighted by molar-refractivity contribution is 5.97. The number of ether oxygens (including phenoxy) is 2. The molecule has 0 saturated carbocycles. The highest BCUT2D eigenvalue weighted by atomic mass is 16.6. The first-order chi connectivity index (χ1) is 7.05. The standard InChI is InChI=1S/C11H18O4/c1-4-11(7-15-11)8(3)9(12)6-10(13)14-5-2/h8H,4-7H2,1-3H3. The van der Waals surface area contributed by atoms with Crippen molar-refractivity contribution >= 4 is 11.8 Å². The zero-order valence-electron chi connectivity index (χ0n) is 9.54. The summed E-state index contributed by atoms with van der Waals surface area (Å²) < 4.78 is 10.0. The quantitative estimate of drug-likeness (QED) is 0.380. The largest absolute Gasteiger partial charge is 0.466 e. The molecule has 4 heteroatoms. The highest BCUT2D eigenvalue weighted by Gasteiger charge is 2.50. The second kappa shape index (κ2) is 4.75. The van der Waals surface area contributed by atoms with Gasteiger partial charge in [-0.2, -0.15) is 0 Å². The van der Waals surface area contributed by atoms with Crippen LogP contribution in [0.15, 0.2) is 0 Å². The molecule has 1 aliphatic heterocycles. The first kappa shape index (κ1) is 12.2. The van der Waals surface area contributed by atoms with E-state index in [1.54, 1.807) is 6.92 Å². The predicted octanol–water partition coefficient (Wildman–Crippen LogP) is 1.32. The minimum atomic E-state index is -0.443. The summed E-state index contributed by atoms with van der Waals surface area (Å²) in [6.07, 6.45) is 0.669. The lowest BCUT2D eigenvalue weighted by atomic mass is 9.87. The minimum absolute atomic E-state index is 0.0900. The van der Waals surface area contributed by atoms with Gasteiger partial charge in [-0.3, -0.25) is 9.59 Å². The topological polar surface area (TPSA) is 55.9 Å². The molecule has 15 heavy (non-hydrogen) atoms. The number of epoxide rings is 1. The molecule has 1 aliphatic rings. The smallest absolute Gasteiger partial charge is 0.313 e. The summed E-state index contributed by atoms with van der Waals surface area (Å²) in [5.41, 5.74) is -0.302. The fourth-order valence-electron chi connectivity index (χ4n) is 1.65. The van der Waals surface area contributed by atoms with Crippen molar-refractivity contribution in [2.24, 2.45) is 5.92 Å². The highest BCUT2D eigenvalue weighted by Crippen LogP contribution is 2.39. The summed E-state index contributed by atoms with van der Waals surface area (Å²) in [6, 6.07) is 0. The molecule has 1 heterocycles. The Morgan fingerprint density at radius 1 is 1.47 bits per heavy atom. The average Bonchev–Trinajstić information content (AvgIpc) is 2.97. The van der Waals surface area contributed by atoms with E-state index in [-0.39, 0.29) is 23.7 Å². The molecule has 0 amide bonds. The molecule has 0 aromatic carbocycles. The number of rotatable bonds is 6. The third-order valence-corrected chi connectivity index (χ3v) is 3.01. The van der Waals surface area contributed by atoms with Crippen molar-refractivity contribution in [3.63, 3.8) is 0 Å². The monoisotopic (exact) mass is 214 g/mol. The molecule has 0 N–H and O–H groups in total. The van der Waals surface area contributed by atoms with Gasteiger partial charge in [0.25, 0.3) is 0 Å². The maximum absolute atomic E-state index is 11.7. The third-order valence-electron chi connectivity index (χ3n) is 3.01. The SMILES string of the molecule is CCOC(=O)CC(=O)C(C)C1(CC)CO1. The van der Waals surface area contributed by atoms with Gasteiger partial charge in [-0.25, -0.2) is 0 Å². The summed E-state index contributed by atoms with van der Waals surface area (Å²) in [4.78, 5) is 22.8. The Balaban J connectivity index is 2.43. The van der Waals surface area contributed by atoms with Gasteiger partial charge in [0, 0.05) is 5.92 Å². The molecule has 1 rings (SSSR count). The van der Waals surface area contributed by atoms with Gasteiger partial charge >= 0.3 is 5.97 Å². The Bertz CT molecular complexity index is 255. The van der Waals surface area contributed by atoms with Crippen LogP contribution in [0.4, 0.5) is 0 Å². The van der Waals surface area contributed by atoms with Crippen molar-refractivity contribution in [3.05, 3.63) is 0 Å². The van der Waals surface area contributed by atoms with Gasteiger partial charge in [0.15, 0.2) is 0 Å². The second-order valence-electron chi connectivity index (χ2n) is 3.88. The lowest BCUT2D eigenvalue weighted by Gasteiger charge is -2.16. The van der Waals surface area contributed by atoms with Crippen LogP contribution in [-0.4, -0.2) is 30.6 Å². The van der Waals surface area contributed by atoms with Gasteiger partial charge in [-0.15, -0.1) is 0 Å². The van der Waals surface area contributed by atoms with E-state index in [0.717, 1.165) is 6.42 Å². The van der Waals surface area contributed by atoms with Gasteiger partial charge in [0.2, 0.25) is 0 Å². The normalized spacial score (nSPS) is 25.8. The molecule has 1 fully saturated rings. The Labute approximate surface area is 89.9 Å². The third kappa shape index (κ3) is 2.78. The summed E-state index contributed by atoms with van der Waals surface area (Å²) in [7, 11) is 0. The molecule has 0 aromatic rings. The van der Waals surface area contributed by atoms with Crippen LogP contribution in [0.5, 0.6) is 0 Å². The van der Waals surface area contributed by atoms with Gasteiger partial charge in [0.05, 0.1) is 13.2 Å². The van der Waals surface area contributed by atoms with Crippen LogP contribution in [0.1, 0.15) is 33.6 Å². The zero-order valence-corrected chi connectivity index (χ0v) is 9.54. The maximum atomic E-state index is 11.7. The zero-order chi connectivity index (χ0) is 11.5. The van der Waals surface area contributed by atoms with E-state index in [1.165, 1.54) is 0 Å². The molecule has 0 radical (unpaired) electrons. The minimum Gasteiger partial charge on any atom is -0.466 e. The molecule has 4 nitrogen and oxygen atoms in total. The summed E-state index contributed by atoms with van der Waals surface area (Å²) in [6.45, 7) is 6.47. The Kier molecular flexibility index (Phi) is 3.85. The van der Waals surface area contributed by atoms with Crippen LogP contribution in [-0.2, 0) is 19.1 Å². The molecular weight excluding hydrogens is 196 g/mol. The summed E-state index contributed by atoms with van der Waals surface area (Å²) in [5, 5.41) is 0. The van der Waals surface area contributed by atoms with Crippen molar-refractivity contribution in [1.29, 1.82) is 0 Å². The van der Waals surface area contributed by atoms with Crippen molar-refractivity contribution < 1.29 is 19.1 Å². The van der Waals surface area contributed by atoms with E-state index in [2.05, 4.69) is 0 Å². The Morgan fingerprint density at radius 2 is 2.07 bits per heavy atom. The van der Waals surface area contributed by atoms with Gasteiger partial charge < -0.3 is 9.47 Å². The first-order valence-electron chi connectivity index (χ1n) is 5.38. The molecule has 0 spiro atoms. The average molecular weight is 214 g/mol. The van der Waals surface area contributed by atoms with Crippen LogP contribution >= 0.6 is 0 Å². The number of hydrogen-bond acceptors (Lipinski definition) is 4. The molecular formula is C11H18O4. The number of Topliss-reactive ketones (excluding diaryl/α,β-unsaturated/α-hetero) is 1. The lowest BCUT2D eigenvalue weighted by Crippen LogP contribution is -2.30. The van der Waals surface area contributed by atoms with E-state index in [9.17, 15) is 9.59 Å². The maximum Gasteiger partial charge on any atom is 0.313 e. The fourth-order valence-corrected chi connectivity index (χ4v) is 1.65. The predicted molar refractivity (Wildman–Crippen MR) is 54.4 cm³/mol. The Hall–Kier alpha value is -0.900. The number of carbonyl (C=O) groups excluding carboxylic acids is 2. The van der Waals surface area contributed by atoms with Gasteiger partial charge in [-0.05, 0) is 13.3 Å². The summed E-state index contributed by atoms with van der Waals surface area (Å²) >= 11 is 0. The van der Waals surface area contributed by atoms with Gasteiger partial charge in [-0.1, -0.05) is 13.8 Å². The Morgan fingerprint density at radius 3 is 2.47 bits per heavy atom. The molecule has 2 unspecified atom stereocenters. The van der Waals surface area contributed by atoms with Crippen molar-refractivity contribution in [2.75, 3.05) is 13.2 Å². The van der Waals surface area contributed by atoms with Crippen molar-refractivity contribution in [2.45, 2.75) is 39.2 Å². The van der Waals surface area contributed by atoms with E-state index in [0.29, 0.717) is 13.2 Å². The van der Waals surface area contributed by atoms with Crippen molar-refractivity contribution in [3.8, 4) is 0 Å². The van der Waals surface area contributed by atoms with Crippen LogP contribution in [0.3, 0.4) is 0 Å². The first-order valence-corrected chi connectivity index (χ1v) is 5.38. The van der Waals surface area contributed by atoms with Crippen LogP contribution < -0.4 is 0 Å². The van der Waals surface area contributed by atoms with Crippen LogP contribution in [0, 0.1) is 5.92 Å². The molecule has 1 saturated heterocycles. The van der Waals surface area contributed by atoms with E-state index < -0.39 is 5.97 Å². The molecule has 86 valence electrons. The molecule has 2 atom stereocenters. The lowest BCUT2D eigenvalue weighted by molar-refractivity contribution is -0.146. The van der Waals surface area contributed by atoms with Crippen LogP contribution in [0.25, 0.3) is 0 Å². The summed E-state index contributed by atoms with van der Waals surface area (Å²) in [5.74, 6) is -0.749. The van der Waals surface area contributed by atoms with E-state index in [4.69, 9.17) is 9.47 Å². The van der Waals surface area contributed by atoms with E-state index in [1.807, 2.05) is 13.8 Å². The molecule has 0 aliphatic carbocycles. The number of esters is 1.